The minimum absolute atomic E-state index is 0.279. The summed E-state index contributed by atoms with van der Waals surface area (Å²) in [7, 11) is 0. The van der Waals surface area contributed by atoms with Gasteiger partial charge >= 0.3 is 0 Å². The van der Waals surface area contributed by atoms with E-state index in [9.17, 15) is 4.79 Å². The maximum atomic E-state index is 12.7. The third-order valence-electron chi connectivity index (χ3n) is 5.30. The van der Waals surface area contributed by atoms with Crippen LogP contribution in [0.25, 0.3) is 0 Å². The molecule has 4 heteroatoms. The fourth-order valence-electron chi connectivity index (χ4n) is 3.91. The predicted molar refractivity (Wildman–Crippen MR) is 105 cm³/mol. The van der Waals surface area contributed by atoms with Crippen molar-refractivity contribution in [3.05, 3.63) is 57.3 Å². The molecule has 1 aliphatic rings. The van der Waals surface area contributed by atoms with Gasteiger partial charge in [0.05, 0.1) is 0 Å². The summed E-state index contributed by atoms with van der Waals surface area (Å²) in [5, 5.41) is 0. The lowest BCUT2D eigenvalue weighted by molar-refractivity contribution is -0.130. The number of nitrogens with zero attached hydrogens (tertiary/aromatic N) is 1. The number of nitrogens with two attached hydrogens (primary N) is 1. The number of carbonyl (C=O) groups is 1. The molecule has 3 rings (SSSR count). The van der Waals surface area contributed by atoms with E-state index >= 15 is 0 Å². The van der Waals surface area contributed by atoms with Gasteiger partial charge in [-0.3, -0.25) is 4.79 Å². The van der Waals surface area contributed by atoms with Gasteiger partial charge < -0.3 is 10.6 Å². The Bertz CT molecular complexity index is 710. The van der Waals surface area contributed by atoms with Gasteiger partial charge in [-0.05, 0) is 56.3 Å². The van der Waals surface area contributed by atoms with E-state index in [4.69, 9.17) is 5.73 Å². The van der Waals surface area contributed by atoms with Crippen LogP contribution in [-0.4, -0.2) is 30.4 Å². The molecule has 0 bridgehead atoms. The Kier molecular flexibility index (Phi) is 5.92. The molecular formula is C21H28N2OS. The van der Waals surface area contributed by atoms with E-state index in [1.54, 1.807) is 0 Å². The Labute approximate surface area is 154 Å². The van der Waals surface area contributed by atoms with Crippen LogP contribution in [0.3, 0.4) is 0 Å². The third-order valence-corrected chi connectivity index (χ3v) is 6.31. The molecule has 2 heterocycles. The number of amides is 1. The average molecular weight is 357 g/mol. The van der Waals surface area contributed by atoms with Crippen molar-refractivity contribution in [3.8, 4) is 0 Å². The summed E-state index contributed by atoms with van der Waals surface area (Å²) < 4.78 is 0. The van der Waals surface area contributed by atoms with Crippen LogP contribution >= 0.6 is 11.3 Å². The second-order valence-corrected chi connectivity index (χ2v) is 8.56. The van der Waals surface area contributed by atoms with Crippen molar-refractivity contribution < 1.29 is 4.79 Å². The van der Waals surface area contributed by atoms with E-state index in [2.05, 4.69) is 44.2 Å². The summed E-state index contributed by atoms with van der Waals surface area (Å²) in [6.07, 6.45) is 2.56. The van der Waals surface area contributed by atoms with Crippen molar-refractivity contribution in [2.45, 2.75) is 39.0 Å². The van der Waals surface area contributed by atoms with Crippen molar-refractivity contribution in [2.75, 3.05) is 19.6 Å². The van der Waals surface area contributed by atoms with Crippen LogP contribution in [0.15, 0.2) is 36.4 Å². The predicted octanol–water partition coefficient (Wildman–Crippen LogP) is 3.89. The van der Waals surface area contributed by atoms with Gasteiger partial charge in [-0.2, -0.15) is 0 Å². The largest absolute Gasteiger partial charge is 0.342 e. The van der Waals surface area contributed by atoms with Crippen molar-refractivity contribution in [2.24, 2.45) is 11.7 Å². The minimum Gasteiger partial charge on any atom is -0.342 e. The fourth-order valence-corrected chi connectivity index (χ4v) is 4.89. The lowest BCUT2D eigenvalue weighted by Gasteiger charge is -2.17. The number of hydrogen-bond donors (Lipinski definition) is 1. The maximum Gasteiger partial charge on any atom is 0.222 e. The molecule has 0 unspecified atom stereocenters. The van der Waals surface area contributed by atoms with Crippen LogP contribution in [0, 0.1) is 19.8 Å². The van der Waals surface area contributed by atoms with Gasteiger partial charge in [-0.1, -0.05) is 30.3 Å². The topological polar surface area (TPSA) is 46.3 Å². The smallest absolute Gasteiger partial charge is 0.222 e. The molecule has 0 aliphatic carbocycles. The van der Waals surface area contributed by atoms with Crippen molar-refractivity contribution >= 4 is 17.2 Å². The zero-order valence-corrected chi connectivity index (χ0v) is 16.0. The zero-order valence-electron chi connectivity index (χ0n) is 15.2. The molecule has 1 saturated heterocycles. The molecule has 25 heavy (non-hydrogen) atoms. The second kappa shape index (κ2) is 8.15. The highest BCUT2D eigenvalue weighted by molar-refractivity contribution is 7.12. The number of benzene rings is 1. The summed E-state index contributed by atoms with van der Waals surface area (Å²) in [6.45, 7) is 6.56. The Morgan fingerprint density at radius 1 is 1.24 bits per heavy atom. The van der Waals surface area contributed by atoms with Gasteiger partial charge in [-0.15, -0.1) is 11.3 Å². The molecule has 3 nitrogen and oxygen atoms in total. The Morgan fingerprint density at radius 3 is 2.64 bits per heavy atom. The van der Waals surface area contributed by atoms with E-state index < -0.39 is 0 Å². The lowest BCUT2D eigenvalue weighted by atomic mass is 9.89. The normalized spacial score (nSPS) is 20.2. The summed E-state index contributed by atoms with van der Waals surface area (Å²) in [5.41, 5.74) is 8.69. The molecule has 134 valence electrons. The number of thiophene rings is 1. The number of rotatable bonds is 6. The summed E-state index contributed by atoms with van der Waals surface area (Å²) in [5.74, 6) is 1.02. The number of likely N-dealkylation sites (tertiary alicyclic amines) is 1. The zero-order chi connectivity index (χ0) is 17.8. The van der Waals surface area contributed by atoms with Crippen molar-refractivity contribution in [3.63, 3.8) is 0 Å². The van der Waals surface area contributed by atoms with Gasteiger partial charge in [0.2, 0.25) is 5.91 Å². The van der Waals surface area contributed by atoms with Crippen molar-refractivity contribution in [1.29, 1.82) is 0 Å². The molecule has 0 radical (unpaired) electrons. The Morgan fingerprint density at radius 2 is 2.00 bits per heavy atom. The van der Waals surface area contributed by atoms with Crippen LogP contribution in [-0.2, 0) is 11.2 Å². The van der Waals surface area contributed by atoms with Crippen LogP contribution < -0.4 is 5.73 Å². The molecule has 1 aliphatic heterocycles. The molecule has 2 N–H and O–H groups in total. The number of hydrogen-bond acceptors (Lipinski definition) is 3. The summed E-state index contributed by atoms with van der Waals surface area (Å²) in [6, 6.07) is 12.7. The van der Waals surface area contributed by atoms with Crippen LogP contribution in [0.1, 0.15) is 39.6 Å². The van der Waals surface area contributed by atoms with Crippen molar-refractivity contribution in [1.82, 2.24) is 4.90 Å². The quantitative estimate of drug-likeness (QED) is 0.853. The number of carbonyl (C=O) groups excluding carboxylic acids is 1. The molecule has 2 aromatic rings. The van der Waals surface area contributed by atoms with E-state index in [1.165, 1.54) is 20.9 Å². The van der Waals surface area contributed by atoms with Crippen LogP contribution in [0.2, 0.25) is 0 Å². The summed E-state index contributed by atoms with van der Waals surface area (Å²) in [4.78, 5) is 17.4. The maximum absolute atomic E-state index is 12.7. The highest BCUT2D eigenvalue weighted by Gasteiger charge is 2.34. The standard InChI is InChI=1S/C21H28N2OS/c1-15-11-18(16(2)25-15)9-6-10-21(24)23-13-19(12-22)20(14-23)17-7-4-3-5-8-17/h3-5,7-8,11,19-20H,6,9-10,12-14,22H2,1-2H3/t19-,20+/m1/s1. The average Bonchev–Trinajstić information content (AvgIpc) is 3.18. The highest BCUT2D eigenvalue weighted by atomic mass is 32.1. The van der Waals surface area contributed by atoms with Crippen LogP contribution in [0.4, 0.5) is 0 Å². The molecule has 0 spiro atoms. The fraction of sp³-hybridized carbons (Fsp3) is 0.476. The molecule has 2 atom stereocenters. The SMILES string of the molecule is Cc1cc(CCCC(=O)N2C[C@@H](CN)[C@H](c3ccccc3)C2)c(C)s1. The van der Waals surface area contributed by atoms with Gasteiger partial charge in [0, 0.05) is 35.2 Å². The van der Waals surface area contributed by atoms with Crippen LogP contribution in [0.5, 0.6) is 0 Å². The van der Waals surface area contributed by atoms with Gasteiger partial charge in [-0.25, -0.2) is 0 Å². The van der Waals surface area contributed by atoms with E-state index in [0.29, 0.717) is 24.8 Å². The molecule has 0 saturated carbocycles. The highest BCUT2D eigenvalue weighted by Crippen LogP contribution is 2.32. The first-order valence-electron chi connectivity index (χ1n) is 9.17. The van der Waals surface area contributed by atoms with Gasteiger partial charge in [0.1, 0.15) is 0 Å². The first-order valence-corrected chi connectivity index (χ1v) is 9.99. The first-order chi connectivity index (χ1) is 12.1. The molecule has 1 amide bonds. The van der Waals surface area contributed by atoms with Gasteiger partial charge in [0.15, 0.2) is 0 Å². The monoisotopic (exact) mass is 356 g/mol. The Hall–Kier alpha value is -1.65. The number of aryl methyl sites for hydroxylation is 3. The molecule has 1 aromatic heterocycles. The summed E-state index contributed by atoms with van der Waals surface area (Å²) >= 11 is 1.85. The third kappa shape index (κ3) is 4.31. The Balaban J connectivity index is 1.55. The van der Waals surface area contributed by atoms with E-state index in [0.717, 1.165) is 25.9 Å². The lowest BCUT2D eigenvalue weighted by Crippen LogP contribution is -2.29. The minimum atomic E-state index is 0.279. The van der Waals surface area contributed by atoms with E-state index in [-0.39, 0.29) is 5.91 Å². The first kappa shape index (κ1) is 18.2. The van der Waals surface area contributed by atoms with E-state index in [1.807, 2.05) is 22.3 Å². The molecular weight excluding hydrogens is 328 g/mol. The van der Waals surface area contributed by atoms with Gasteiger partial charge in [0.25, 0.3) is 0 Å². The molecule has 1 aromatic carbocycles. The molecule has 1 fully saturated rings. The second-order valence-electron chi connectivity index (χ2n) is 7.10.